The molecule has 0 radical (unpaired) electrons. The van der Waals surface area contributed by atoms with Gasteiger partial charge in [0.1, 0.15) is 6.67 Å². The summed E-state index contributed by atoms with van der Waals surface area (Å²) >= 11 is 0. The molecule has 1 aromatic heterocycles. The van der Waals surface area contributed by atoms with E-state index >= 15 is 0 Å². The van der Waals surface area contributed by atoms with Crippen molar-refractivity contribution in [1.82, 2.24) is 15.6 Å². The summed E-state index contributed by atoms with van der Waals surface area (Å²) in [6, 6.07) is 8.04. The van der Waals surface area contributed by atoms with Gasteiger partial charge in [-0.3, -0.25) is 0 Å². The zero-order valence-corrected chi connectivity index (χ0v) is 11.5. The van der Waals surface area contributed by atoms with E-state index in [0.29, 0.717) is 0 Å². The third-order valence-corrected chi connectivity index (χ3v) is 3.81. The SMILES string of the molecule is O=C=NCNC(=O)NC1CCc2c([nH]c3ccccc23)C1. The lowest BCUT2D eigenvalue weighted by Crippen LogP contribution is -2.44. The summed E-state index contributed by atoms with van der Waals surface area (Å²) in [6.45, 7) is -0.0420. The number of para-hydroxylation sites is 1. The highest BCUT2D eigenvalue weighted by Crippen LogP contribution is 2.28. The summed E-state index contributed by atoms with van der Waals surface area (Å²) < 4.78 is 0. The lowest BCUT2D eigenvalue weighted by atomic mass is 9.92. The van der Waals surface area contributed by atoms with Crippen LogP contribution in [0.2, 0.25) is 0 Å². The van der Waals surface area contributed by atoms with Gasteiger partial charge >= 0.3 is 6.03 Å². The van der Waals surface area contributed by atoms with Gasteiger partial charge in [-0.25, -0.2) is 9.59 Å². The van der Waals surface area contributed by atoms with Gasteiger partial charge in [0.15, 0.2) is 0 Å². The Labute approximate surface area is 121 Å². The van der Waals surface area contributed by atoms with E-state index in [2.05, 4.69) is 32.7 Å². The third kappa shape index (κ3) is 2.80. The van der Waals surface area contributed by atoms with Crippen molar-refractivity contribution in [3.8, 4) is 0 Å². The number of hydrogen-bond donors (Lipinski definition) is 3. The Morgan fingerprint density at radius 3 is 3.14 bits per heavy atom. The number of carbonyl (C=O) groups excluding carboxylic acids is 2. The van der Waals surface area contributed by atoms with Crippen LogP contribution in [0.4, 0.5) is 4.79 Å². The predicted molar refractivity (Wildman–Crippen MR) is 78.8 cm³/mol. The number of aromatic nitrogens is 1. The molecule has 1 unspecified atom stereocenters. The molecule has 6 heteroatoms. The largest absolute Gasteiger partial charge is 0.358 e. The second-order valence-electron chi connectivity index (χ2n) is 5.13. The number of H-pyrrole nitrogens is 1. The molecule has 1 aliphatic carbocycles. The quantitative estimate of drug-likeness (QED) is 0.591. The van der Waals surface area contributed by atoms with Gasteiger partial charge in [0.2, 0.25) is 6.08 Å². The Balaban J connectivity index is 1.67. The first-order valence-corrected chi connectivity index (χ1v) is 6.94. The zero-order chi connectivity index (χ0) is 14.7. The lowest BCUT2D eigenvalue weighted by Gasteiger charge is -2.23. The van der Waals surface area contributed by atoms with E-state index in [9.17, 15) is 9.59 Å². The van der Waals surface area contributed by atoms with Crippen LogP contribution >= 0.6 is 0 Å². The number of nitrogens with one attached hydrogen (secondary N) is 3. The monoisotopic (exact) mass is 284 g/mol. The standard InChI is InChI=1S/C15H16N4O2/c20-9-16-8-17-15(21)18-10-5-6-12-11-3-1-2-4-13(11)19-14(12)7-10/h1-4,10,19H,5-8H2,(H2,17,18,21). The Kier molecular flexibility index (Phi) is 3.71. The van der Waals surface area contributed by atoms with Crippen LogP contribution in [0.25, 0.3) is 10.9 Å². The number of carbonyl (C=O) groups is 1. The van der Waals surface area contributed by atoms with Crippen LogP contribution in [-0.2, 0) is 17.6 Å². The van der Waals surface area contributed by atoms with Gasteiger partial charge < -0.3 is 15.6 Å². The number of amides is 2. The van der Waals surface area contributed by atoms with Gasteiger partial charge in [-0.2, -0.15) is 4.99 Å². The summed E-state index contributed by atoms with van der Waals surface area (Å²) in [4.78, 5) is 28.3. The van der Waals surface area contributed by atoms with Crippen LogP contribution in [0.1, 0.15) is 17.7 Å². The second kappa shape index (κ2) is 5.81. The summed E-state index contributed by atoms with van der Waals surface area (Å²) in [5.74, 6) is 0. The van der Waals surface area contributed by atoms with Crippen LogP contribution in [0.3, 0.4) is 0 Å². The fourth-order valence-corrected chi connectivity index (χ4v) is 2.89. The van der Waals surface area contributed by atoms with Crippen molar-refractivity contribution in [3.63, 3.8) is 0 Å². The van der Waals surface area contributed by atoms with E-state index in [-0.39, 0.29) is 18.7 Å². The average Bonchev–Trinajstić information content (AvgIpc) is 2.85. The maximum Gasteiger partial charge on any atom is 0.316 e. The maximum absolute atomic E-state index is 11.6. The maximum atomic E-state index is 11.6. The zero-order valence-electron chi connectivity index (χ0n) is 11.5. The molecule has 0 fully saturated rings. The van der Waals surface area contributed by atoms with Crippen molar-refractivity contribution in [2.75, 3.05) is 6.67 Å². The number of benzene rings is 1. The molecule has 21 heavy (non-hydrogen) atoms. The van der Waals surface area contributed by atoms with Crippen molar-refractivity contribution in [3.05, 3.63) is 35.5 Å². The molecule has 3 N–H and O–H groups in total. The van der Waals surface area contributed by atoms with Crippen LogP contribution in [0.5, 0.6) is 0 Å². The Bertz CT molecular complexity index is 716. The highest BCUT2D eigenvalue weighted by molar-refractivity contribution is 5.85. The number of fused-ring (bicyclic) bond motifs is 3. The molecule has 108 valence electrons. The van der Waals surface area contributed by atoms with Crippen LogP contribution in [0.15, 0.2) is 29.3 Å². The normalized spacial score (nSPS) is 16.9. The first-order valence-electron chi connectivity index (χ1n) is 6.94. The van der Waals surface area contributed by atoms with Crippen LogP contribution in [-0.4, -0.2) is 29.8 Å². The van der Waals surface area contributed by atoms with Crippen molar-refractivity contribution < 1.29 is 9.59 Å². The highest BCUT2D eigenvalue weighted by atomic mass is 16.2. The molecule has 1 aromatic carbocycles. The Morgan fingerprint density at radius 1 is 1.43 bits per heavy atom. The molecule has 0 saturated carbocycles. The fourth-order valence-electron chi connectivity index (χ4n) is 2.89. The van der Waals surface area contributed by atoms with E-state index < -0.39 is 0 Å². The first-order chi connectivity index (χ1) is 10.3. The van der Waals surface area contributed by atoms with Crippen molar-refractivity contribution >= 4 is 23.0 Å². The fraction of sp³-hybridized carbons (Fsp3) is 0.333. The van der Waals surface area contributed by atoms with Gasteiger partial charge in [0.05, 0.1) is 0 Å². The average molecular weight is 284 g/mol. The minimum Gasteiger partial charge on any atom is -0.358 e. The van der Waals surface area contributed by atoms with Crippen molar-refractivity contribution in [2.24, 2.45) is 4.99 Å². The minimum atomic E-state index is -0.307. The number of isocyanates is 1. The van der Waals surface area contributed by atoms with Gasteiger partial charge in [0.25, 0.3) is 0 Å². The molecule has 0 bridgehead atoms. The molecule has 0 spiro atoms. The third-order valence-electron chi connectivity index (χ3n) is 3.81. The van der Waals surface area contributed by atoms with E-state index in [0.717, 1.165) is 24.8 Å². The molecule has 1 heterocycles. The molecule has 1 aliphatic rings. The van der Waals surface area contributed by atoms with E-state index in [4.69, 9.17) is 0 Å². The predicted octanol–water partition coefficient (Wildman–Crippen LogP) is 1.62. The molecule has 3 rings (SSSR count). The minimum absolute atomic E-state index is 0.0420. The topological polar surface area (TPSA) is 86.3 Å². The first kappa shape index (κ1) is 13.4. The molecule has 2 aromatic rings. The summed E-state index contributed by atoms with van der Waals surface area (Å²) in [5, 5.41) is 6.67. The molecule has 0 saturated heterocycles. The molecular formula is C15H16N4O2. The van der Waals surface area contributed by atoms with E-state index in [1.54, 1.807) is 0 Å². The molecule has 1 atom stereocenters. The number of aromatic amines is 1. The number of nitrogens with zero attached hydrogens (tertiary/aromatic N) is 1. The van der Waals surface area contributed by atoms with Gasteiger partial charge in [-0.15, -0.1) is 0 Å². The second-order valence-corrected chi connectivity index (χ2v) is 5.13. The highest BCUT2D eigenvalue weighted by Gasteiger charge is 2.23. The van der Waals surface area contributed by atoms with Crippen LogP contribution < -0.4 is 10.6 Å². The molecule has 6 nitrogen and oxygen atoms in total. The van der Waals surface area contributed by atoms with Gasteiger partial charge in [0, 0.05) is 29.1 Å². The smallest absolute Gasteiger partial charge is 0.316 e. The van der Waals surface area contributed by atoms with Crippen molar-refractivity contribution in [2.45, 2.75) is 25.3 Å². The molecule has 2 amide bonds. The Morgan fingerprint density at radius 2 is 2.29 bits per heavy atom. The van der Waals surface area contributed by atoms with Gasteiger partial charge in [-0.1, -0.05) is 18.2 Å². The molecule has 0 aliphatic heterocycles. The summed E-state index contributed by atoms with van der Waals surface area (Å²) in [7, 11) is 0. The summed E-state index contributed by atoms with van der Waals surface area (Å²) in [5.41, 5.74) is 3.70. The Hall–Kier alpha value is -2.59. The lowest BCUT2D eigenvalue weighted by molar-refractivity contribution is 0.236. The number of rotatable bonds is 3. The van der Waals surface area contributed by atoms with E-state index in [1.165, 1.54) is 22.7 Å². The number of urea groups is 1. The van der Waals surface area contributed by atoms with Gasteiger partial charge in [-0.05, 0) is 24.5 Å². The van der Waals surface area contributed by atoms with E-state index in [1.807, 2.05) is 12.1 Å². The van der Waals surface area contributed by atoms with Crippen molar-refractivity contribution in [1.29, 1.82) is 0 Å². The van der Waals surface area contributed by atoms with Crippen LogP contribution in [0, 0.1) is 0 Å². The number of aryl methyl sites for hydroxylation is 1. The number of aliphatic imine (C=N–C) groups is 1. The summed E-state index contributed by atoms with van der Waals surface area (Å²) in [6.07, 6.45) is 4.01. The molecular weight excluding hydrogens is 268 g/mol. The number of hydrogen-bond acceptors (Lipinski definition) is 3.